The molecule has 0 aliphatic carbocycles. The SMILES string of the molecule is C=CCCCC(O)Cc1cccc(Cl)c1. The number of halogens is 1. The second-order valence-electron chi connectivity index (χ2n) is 3.71. The zero-order chi connectivity index (χ0) is 11.1. The van der Waals surface area contributed by atoms with E-state index in [0.29, 0.717) is 6.42 Å². The number of aliphatic hydroxyl groups is 1. The molecule has 0 aliphatic rings. The number of unbranched alkanes of at least 4 members (excludes halogenated alkanes) is 1. The van der Waals surface area contributed by atoms with Gasteiger partial charge in [0.25, 0.3) is 0 Å². The van der Waals surface area contributed by atoms with Crippen molar-refractivity contribution in [3.8, 4) is 0 Å². The van der Waals surface area contributed by atoms with E-state index in [9.17, 15) is 5.11 Å². The molecule has 0 aromatic heterocycles. The van der Waals surface area contributed by atoms with Gasteiger partial charge in [-0.3, -0.25) is 0 Å². The fraction of sp³-hybridized carbons (Fsp3) is 0.385. The summed E-state index contributed by atoms with van der Waals surface area (Å²) in [6.45, 7) is 3.65. The van der Waals surface area contributed by atoms with Crippen molar-refractivity contribution >= 4 is 11.6 Å². The number of aliphatic hydroxyl groups excluding tert-OH is 1. The second-order valence-corrected chi connectivity index (χ2v) is 4.14. The summed E-state index contributed by atoms with van der Waals surface area (Å²) >= 11 is 5.86. The third-order valence-electron chi connectivity index (χ3n) is 2.31. The van der Waals surface area contributed by atoms with E-state index in [1.54, 1.807) is 0 Å². The molecule has 0 fully saturated rings. The van der Waals surface area contributed by atoms with Gasteiger partial charge in [0, 0.05) is 5.02 Å². The molecule has 0 aliphatic heterocycles. The lowest BCUT2D eigenvalue weighted by molar-refractivity contribution is 0.162. The minimum atomic E-state index is -0.275. The molecule has 0 saturated heterocycles. The topological polar surface area (TPSA) is 20.2 Å². The molecule has 1 nitrogen and oxygen atoms in total. The van der Waals surface area contributed by atoms with Crippen molar-refractivity contribution in [2.75, 3.05) is 0 Å². The van der Waals surface area contributed by atoms with Crippen LogP contribution >= 0.6 is 11.6 Å². The molecule has 1 aromatic carbocycles. The fourth-order valence-electron chi connectivity index (χ4n) is 1.54. The van der Waals surface area contributed by atoms with Gasteiger partial charge in [-0.15, -0.1) is 6.58 Å². The zero-order valence-electron chi connectivity index (χ0n) is 8.82. The Morgan fingerprint density at radius 1 is 1.47 bits per heavy atom. The Hall–Kier alpha value is -0.790. The van der Waals surface area contributed by atoms with Crippen molar-refractivity contribution in [1.29, 1.82) is 0 Å². The summed E-state index contributed by atoms with van der Waals surface area (Å²) in [4.78, 5) is 0. The summed E-state index contributed by atoms with van der Waals surface area (Å²) in [6, 6.07) is 7.64. The quantitative estimate of drug-likeness (QED) is 0.578. The first kappa shape index (κ1) is 12.3. The monoisotopic (exact) mass is 224 g/mol. The Balaban J connectivity index is 2.37. The average Bonchev–Trinajstić information content (AvgIpc) is 2.18. The van der Waals surface area contributed by atoms with Crippen LogP contribution in [0.2, 0.25) is 5.02 Å². The molecule has 1 unspecified atom stereocenters. The maximum Gasteiger partial charge on any atom is 0.0580 e. The van der Waals surface area contributed by atoms with E-state index in [0.717, 1.165) is 29.8 Å². The highest BCUT2D eigenvalue weighted by molar-refractivity contribution is 6.30. The van der Waals surface area contributed by atoms with Crippen LogP contribution in [-0.4, -0.2) is 11.2 Å². The van der Waals surface area contributed by atoms with Crippen LogP contribution in [0.3, 0.4) is 0 Å². The van der Waals surface area contributed by atoms with Crippen LogP contribution < -0.4 is 0 Å². The minimum Gasteiger partial charge on any atom is -0.393 e. The van der Waals surface area contributed by atoms with Crippen molar-refractivity contribution in [2.45, 2.75) is 31.8 Å². The van der Waals surface area contributed by atoms with E-state index < -0.39 is 0 Å². The third-order valence-corrected chi connectivity index (χ3v) is 2.54. The van der Waals surface area contributed by atoms with Gasteiger partial charge < -0.3 is 5.11 Å². The normalized spacial score (nSPS) is 12.4. The molecule has 0 amide bonds. The number of allylic oxidation sites excluding steroid dienone is 1. The van der Waals surface area contributed by atoms with Crippen molar-refractivity contribution in [3.63, 3.8) is 0 Å². The first-order valence-electron chi connectivity index (χ1n) is 5.26. The van der Waals surface area contributed by atoms with Crippen LogP contribution in [0.1, 0.15) is 24.8 Å². The summed E-state index contributed by atoms with van der Waals surface area (Å²) < 4.78 is 0. The first-order valence-corrected chi connectivity index (χ1v) is 5.63. The maximum absolute atomic E-state index is 9.74. The molecule has 1 aromatic rings. The average molecular weight is 225 g/mol. The summed E-state index contributed by atoms with van der Waals surface area (Å²) in [7, 11) is 0. The van der Waals surface area contributed by atoms with Crippen molar-refractivity contribution < 1.29 is 5.11 Å². The van der Waals surface area contributed by atoms with E-state index in [2.05, 4.69) is 6.58 Å². The molecule has 0 heterocycles. The predicted octanol–water partition coefficient (Wildman–Crippen LogP) is 3.60. The van der Waals surface area contributed by atoms with E-state index >= 15 is 0 Å². The number of rotatable bonds is 6. The first-order chi connectivity index (χ1) is 7.22. The van der Waals surface area contributed by atoms with Gasteiger partial charge in [-0.1, -0.05) is 29.8 Å². The minimum absolute atomic E-state index is 0.275. The Labute approximate surface area is 96.4 Å². The maximum atomic E-state index is 9.74. The second kappa shape index (κ2) is 6.65. The van der Waals surface area contributed by atoms with Crippen LogP contribution in [0.25, 0.3) is 0 Å². The standard InChI is InChI=1S/C13H17ClO/c1-2-3-4-8-13(15)10-11-6-5-7-12(14)9-11/h2,5-7,9,13,15H,1,3-4,8,10H2. The van der Waals surface area contributed by atoms with Gasteiger partial charge in [-0.2, -0.15) is 0 Å². The molecule has 0 bridgehead atoms. The smallest absolute Gasteiger partial charge is 0.0580 e. The highest BCUT2D eigenvalue weighted by Crippen LogP contribution is 2.14. The van der Waals surface area contributed by atoms with Gasteiger partial charge in [0.2, 0.25) is 0 Å². The molecule has 0 spiro atoms. The Bertz CT molecular complexity index is 309. The van der Waals surface area contributed by atoms with Crippen molar-refractivity contribution in [3.05, 3.63) is 47.5 Å². The third kappa shape index (κ3) is 5.01. The molecule has 82 valence electrons. The van der Waals surface area contributed by atoms with E-state index in [-0.39, 0.29) is 6.10 Å². The molecular formula is C13H17ClO. The highest BCUT2D eigenvalue weighted by atomic mass is 35.5. The van der Waals surface area contributed by atoms with Crippen molar-refractivity contribution in [1.82, 2.24) is 0 Å². The van der Waals surface area contributed by atoms with E-state index in [1.807, 2.05) is 30.3 Å². The van der Waals surface area contributed by atoms with Crippen LogP contribution in [0, 0.1) is 0 Å². The van der Waals surface area contributed by atoms with Gasteiger partial charge in [0.15, 0.2) is 0 Å². The van der Waals surface area contributed by atoms with Gasteiger partial charge >= 0.3 is 0 Å². The molecule has 15 heavy (non-hydrogen) atoms. The van der Waals surface area contributed by atoms with Crippen LogP contribution in [-0.2, 0) is 6.42 Å². The Kier molecular flexibility index (Phi) is 5.44. The lowest BCUT2D eigenvalue weighted by Gasteiger charge is -2.09. The lowest BCUT2D eigenvalue weighted by atomic mass is 10.0. The van der Waals surface area contributed by atoms with Crippen LogP contribution in [0.15, 0.2) is 36.9 Å². The summed E-state index contributed by atoms with van der Waals surface area (Å²) in [6.07, 6.45) is 5.06. The molecule has 0 saturated carbocycles. The number of benzene rings is 1. The zero-order valence-corrected chi connectivity index (χ0v) is 9.58. The number of hydrogen-bond acceptors (Lipinski definition) is 1. The van der Waals surface area contributed by atoms with Gasteiger partial charge in [0.05, 0.1) is 6.10 Å². The van der Waals surface area contributed by atoms with E-state index in [1.165, 1.54) is 0 Å². The summed E-state index contributed by atoms with van der Waals surface area (Å²) in [5.41, 5.74) is 1.09. The number of hydrogen-bond donors (Lipinski definition) is 1. The molecule has 1 N–H and O–H groups in total. The van der Waals surface area contributed by atoms with Gasteiger partial charge in [-0.05, 0) is 43.4 Å². The van der Waals surface area contributed by atoms with Crippen LogP contribution in [0.4, 0.5) is 0 Å². The summed E-state index contributed by atoms with van der Waals surface area (Å²) in [5.74, 6) is 0. The predicted molar refractivity (Wildman–Crippen MR) is 65.2 cm³/mol. The molecule has 2 heteroatoms. The molecular weight excluding hydrogens is 208 g/mol. The van der Waals surface area contributed by atoms with E-state index in [4.69, 9.17) is 11.6 Å². The summed E-state index contributed by atoms with van der Waals surface area (Å²) in [5, 5.41) is 10.5. The van der Waals surface area contributed by atoms with Crippen LogP contribution in [0.5, 0.6) is 0 Å². The molecule has 1 atom stereocenters. The lowest BCUT2D eigenvalue weighted by Crippen LogP contribution is -2.09. The molecule has 0 radical (unpaired) electrons. The fourth-order valence-corrected chi connectivity index (χ4v) is 1.75. The Morgan fingerprint density at radius 3 is 2.93 bits per heavy atom. The highest BCUT2D eigenvalue weighted by Gasteiger charge is 2.05. The van der Waals surface area contributed by atoms with Crippen molar-refractivity contribution in [2.24, 2.45) is 0 Å². The van der Waals surface area contributed by atoms with Gasteiger partial charge in [-0.25, -0.2) is 0 Å². The van der Waals surface area contributed by atoms with Gasteiger partial charge in [0.1, 0.15) is 0 Å². The largest absolute Gasteiger partial charge is 0.393 e. The Morgan fingerprint density at radius 2 is 2.27 bits per heavy atom. The molecule has 1 rings (SSSR count).